The van der Waals surface area contributed by atoms with E-state index < -0.39 is 23.7 Å². The van der Waals surface area contributed by atoms with E-state index in [2.05, 4.69) is 15.3 Å². The van der Waals surface area contributed by atoms with Crippen LogP contribution in [0.5, 0.6) is 0 Å². The Morgan fingerprint density at radius 2 is 2.32 bits per heavy atom. The molecule has 1 aromatic rings. The number of aromatic nitrogens is 1. The molecule has 1 N–H and O–H groups in total. The van der Waals surface area contributed by atoms with Crippen molar-refractivity contribution in [3.63, 3.8) is 0 Å². The lowest BCUT2D eigenvalue weighted by atomic mass is 10.0. The monoisotopic (exact) mass is 267 g/mol. The average Bonchev–Trinajstić information content (AvgIpc) is 2.82. The molecule has 8 nitrogen and oxygen atoms in total. The number of nitrogens with one attached hydrogen (secondary N) is 1. The number of carbonyl (C=O) groups is 3. The average molecular weight is 267 g/mol. The zero-order valence-electron chi connectivity index (χ0n) is 10.5. The first-order valence-electron chi connectivity index (χ1n) is 5.63. The maximum absolute atomic E-state index is 12.1. The molecule has 1 aromatic heterocycles. The third-order valence-electron chi connectivity index (χ3n) is 2.72. The number of hydrogen-bond acceptors (Lipinski definition) is 6. The van der Waals surface area contributed by atoms with Gasteiger partial charge in [-0.15, -0.1) is 0 Å². The second kappa shape index (κ2) is 5.09. The lowest BCUT2D eigenvalue weighted by molar-refractivity contribution is -0.151. The van der Waals surface area contributed by atoms with E-state index in [9.17, 15) is 14.4 Å². The Bertz CT molecular complexity index is 524. The molecule has 102 valence electrons. The summed E-state index contributed by atoms with van der Waals surface area (Å²) >= 11 is 0. The summed E-state index contributed by atoms with van der Waals surface area (Å²) in [5, 5.41) is 4.62. The zero-order valence-corrected chi connectivity index (χ0v) is 10.5. The van der Waals surface area contributed by atoms with Crippen molar-refractivity contribution in [2.75, 3.05) is 13.7 Å². The molecule has 8 heteroatoms. The van der Waals surface area contributed by atoms with Gasteiger partial charge in [0.15, 0.2) is 5.69 Å². The fraction of sp³-hybridized carbons (Fsp3) is 0.455. The van der Waals surface area contributed by atoms with Crippen molar-refractivity contribution in [1.82, 2.24) is 15.6 Å². The topological polar surface area (TPSA) is 102 Å². The van der Waals surface area contributed by atoms with Gasteiger partial charge in [0.1, 0.15) is 5.76 Å². The molecule has 1 aliphatic rings. The summed E-state index contributed by atoms with van der Waals surface area (Å²) < 4.78 is 9.38. The third kappa shape index (κ3) is 2.72. The van der Waals surface area contributed by atoms with E-state index in [-0.39, 0.29) is 18.7 Å². The maximum Gasteiger partial charge on any atom is 0.311 e. The van der Waals surface area contributed by atoms with Gasteiger partial charge >= 0.3 is 5.97 Å². The van der Waals surface area contributed by atoms with Crippen molar-refractivity contribution < 1.29 is 23.6 Å². The van der Waals surface area contributed by atoms with Crippen LogP contribution in [-0.2, 0) is 14.3 Å². The molecular weight excluding hydrogens is 254 g/mol. The Morgan fingerprint density at radius 1 is 1.58 bits per heavy atom. The van der Waals surface area contributed by atoms with E-state index in [1.54, 1.807) is 6.92 Å². The predicted molar refractivity (Wildman–Crippen MR) is 60.5 cm³/mol. The molecule has 1 saturated heterocycles. The van der Waals surface area contributed by atoms with Gasteiger partial charge in [0.2, 0.25) is 5.91 Å². The van der Waals surface area contributed by atoms with E-state index in [4.69, 9.17) is 4.52 Å². The second-order valence-corrected chi connectivity index (χ2v) is 4.20. The van der Waals surface area contributed by atoms with E-state index in [1.807, 2.05) is 0 Å². The summed E-state index contributed by atoms with van der Waals surface area (Å²) in [5.41, 5.74) is 2.46. The summed E-state index contributed by atoms with van der Waals surface area (Å²) in [5.74, 6) is -1.66. The standard InChI is InChI=1S/C11H13N3O5/c1-6-3-8(13-19-6)10(16)14-5-7(11(17)18-2)4-9(15)12-14/h3,7H,4-5H2,1-2H3,(H,12,15). The highest BCUT2D eigenvalue weighted by atomic mass is 16.5. The highest BCUT2D eigenvalue weighted by molar-refractivity contribution is 5.95. The Balaban J connectivity index is 2.13. The SMILES string of the molecule is COC(=O)C1CC(=O)NN(C(=O)c2cc(C)on2)C1. The van der Waals surface area contributed by atoms with Gasteiger partial charge in [-0.05, 0) is 6.92 Å². The molecule has 0 spiro atoms. The van der Waals surface area contributed by atoms with Crippen LogP contribution in [-0.4, -0.2) is 41.6 Å². The van der Waals surface area contributed by atoms with Crippen molar-refractivity contribution in [2.24, 2.45) is 5.92 Å². The minimum Gasteiger partial charge on any atom is -0.469 e. The molecule has 1 unspecified atom stereocenters. The number of hydrazine groups is 1. The normalized spacial score (nSPS) is 18.9. The smallest absolute Gasteiger partial charge is 0.311 e. The van der Waals surface area contributed by atoms with Crippen LogP contribution < -0.4 is 5.43 Å². The first-order valence-corrected chi connectivity index (χ1v) is 5.63. The van der Waals surface area contributed by atoms with Crippen LogP contribution >= 0.6 is 0 Å². The number of hydrogen-bond donors (Lipinski definition) is 1. The Morgan fingerprint density at radius 3 is 2.89 bits per heavy atom. The van der Waals surface area contributed by atoms with E-state index in [0.29, 0.717) is 5.76 Å². The zero-order chi connectivity index (χ0) is 14.0. The number of ether oxygens (including phenoxy) is 1. The molecule has 2 rings (SSSR count). The summed E-state index contributed by atoms with van der Waals surface area (Å²) in [7, 11) is 1.24. The number of aryl methyl sites for hydroxylation is 1. The third-order valence-corrected chi connectivity index (χ3v) is 2.72. The van der Waals surface area contributed by atoms with Gasteiger partial charge in [0, 0.05) is 12.5 Å². The van der Waals surface area contributed by atoms with Crippen LogP contribution in [0.3, 0.4) is 0 Å². The summed E-state index contributed by atoms with van der Waals surface area (Å²) in [4.78, 5) is 35.0. The Kier molecular flexibility index (Phi) is 3.50. The van der Waals surface area contributed by atoms with Crippen molar-refractivity contribution in [3.8, 4) is 0 Å². The first-order chi connectivity index (χ1) is 9.01. The molecule has 1 fully saturated rings. The summed E-state index contributed by atoms with van der Waals surface area (Å²) in [6.45, 7) is 1.69. The number of amides is 2. The van der Waals surface area contributed by atoms with Crippen LogP contribution in [0.1, 0.15) is 22.7 Å². The van der Waals surface area contributed by atoms with Gasteiger partial charge in [-0.1, -0.05) is 5.16 Å². The Labute approximate surface area is 108 Å². The van der Waals surface area contributed by atoms with Gasteiger partial charge < -0.3 is 9.26 Å². The minimum atomic E-state index is -0.671. The molecule has 0 aliphatic carbocycles. The first kappa shape index (κ1) is 13.1. The molecule has 0 bridgehead atoms. The summed E-state index contributed by atoms with van der Waals surface area (Å²) in [6.07, 6.45) is -0.00566. The fourth-order valence-electron chi connectivity index (χ4n) is 1.81. The number of rotatable bonds is 2. The van der Waals surface area contributed by atoms with Crippen LogP contribution in [0.25, 0.3) is 0 Å². The molecule has 1 atom stereocenters. The molecule has 1 aliphatic heterocycles. The van der Waals surface area contributed by atoms with E-state index in [1.165, 1.54) is 13.2 Å². The predicted octanol–water partition coefficient (Wildman–Crippen LogP) is -0.351. The quantitative estimate of drug-likeness (QED) is 0.735. The van der Waals surface area contributed by atoms with Gasteiger partial charge in [0.05, 0.1) is 19.6 Å². The van der Waals surface area contributed by atoms with Crippen molar-refractivity contribution in [3.05, 3.63) is 17.5 Å². The molecule has 2 heterocycles. The number of methoxy groups -OCH3 is 1. The Hall–Kier alpha value is -2.38. The lowest BCUT2D eigenvalue weighted by Crippen LogP contribution is -2.54. The molecule has 2 amide bonds. The molecular formula is C11H13N3O5. The van der Waals surface area contributed by atoms with Gasteiger partial charge in [-0.25, -0.2) is 5.01 Å². The van der Waals surface area contributed by atoms with Crippen LogP contribution in [0.2, 0.25) is 0 Å². The van der Waals surface area contributed by atoms with E-state index in [0.717, 1.165) is 5.01 Å². The highest BCUT2D eigenvalue weighted by Gasteiger charge is 2.34. The largest absolute Gasteiger partial charge is 0.469 e. The van der Waals surface area contributed by atoms with Gasteiger partial charge in [-0.3, -0.25) is 19.8 Å². The van der Waals surface area contributed by atoms with Crippen LogP contribution in [0.15, 0.2) is 10.6 Å². The van der Waals surface area contributed by atoms with Crippen LogP contribution in [0, 0.1) is 12.8 Å². The fourth-order valence-corrected chi connectivity index (χ4v) is 1.81. The lowest BCUT2D eigenvalue weighted by Gasteiger charge is -2.30. The van der Waals surface area contributed by atoms with Gasteiger partial charge in [0.25, 0.3) is 5.91 Å². The molecule has 0 saturated carbocycles. The summed E-state index contributed by atoms with van der Waals surface area (Å²) in [6, 6.07) is 1.45. The number of esters is 1. The highest BCUT2D eigenvalue weighted by Crippen LogP contribution is 2.15. The van der Waals surface area contributed by atoms with Crippen molar-refractivity contribution >= 4 is 17.8 Å². The second-order valence-electron chi connectivity index (χ2n) is 4.20. The van der Waals surface area contributed by atoms with Gasteiger partial charge in [-0.2, -0.15) is 0 Å². The minimum absolute atomic E-state index is 0.00566. The number of carbonyl (C=O) groups excluding carboxylic acids is 3. The molecule has 0 aromatic carbocycles. The van der Waals surface area contributed by atoms with E-state index >= 15 is 0 Å². The molecule has 19 heavy (non-hydrogen) atoms. The molecule has 0 radical (unpaired) electrons. The maximum atomic E-state index is 12.1. The van der Waals surface area contributed by atoms with Crippen molar-refractivity contribution in [1.29, 1.82) is 0 Å². The van der Waals surface area contributed by atoms with Crippen LogP contribution in [0.4, 0.5) is 0 Å². The van der Waals surface area contributed by atoms with Crippen molar-refractivity contribution in [2.45, 2.75) is 13.3 Å². The number of nitrogens with zero attached hydrogens (tertiary/aromatic N) is 2.